The maximum Gasteiger partial charge on any atom is 0.243 e. The molecule has 2 rings (SSSR count). The molecule has 0 aliphatic carbocycles. The van der Waals surface area contributed by atoms with Crippen molar-refractivity contribution in [3.05, 3.63) is 10.6 Å². The Kier molecular flexibility index (Phi) is 6.52. The van der Waals surface area contributed by atoms with Crippen LogP contribution in [-0.4, -0.2) is 72.7 Å². The zero-order valence-electron chi connectivity index (χ0n) is 14.8. The number of aryl methyl sites for hydroxylation is 2. The fourth-order valence-corrected chi connectivity index (χ4v) is 3.64. The van der Waals surface area contributed by atoms with Gasteiger partial charge in [-0.05, 0) is 27.7 Å². The predicted molar refractivity (Wildman–Crippen MR) is 94.2 cm³/mol. The largest absolute Gasteiger partial charge is 0.383 e. The van der Waals surface area contributed by atoms with Crippen LogP contribution in [0.3, 0.4) is 0 Å². The lowest BCUT2D eigenvalue weighted by Crippen LogP contribution is -2.57. The number of methoxy groups -OCH3 is 1. The predicted octanol–water partition coefficient (Wildman–Crippen LogP) is 1.74. The molecular weight excluding hydrogens is 312 g/mol. The molecule has 0 saturated carbocycles. The normalized spacial score (nSPS) is 21.3. The van der Waals surface area contributed by atoms with Crippen LogP contribution in [0.4, 0.5) is 5.13 Å². The van der Waals surface area contributed by atoms with Crippen LogP contribution in [0.1, 0.15) is 24.4 Å². The van der Waals surface area contributed by atoms with Crippen molar-refractivity contribution in [3.8, 4) is 0 Å². The van der Waals surface area contributed by atoms with E-state index in [2.05, 4.69) is 27.0 Å². The first-order valence-electron chi connectivity index (χ1n) is 8.14. The van der Waals surface area contributed by atoms with Gasteiger partial charge < -0.3 is 10.1 Å². The molecule has 7 heteroatoms. The number of carbonyl (C=O) groups is 1. The van der Waals surface area contributed by atoms with Gasteiger partial charge in [0.25, 0.3) is 0 Å². The lowest BCUT2D eigenvalue weighted by molar-refractivity contribution is -0.121. The summed E-state index contributed by atoms with van der Waals surface area (Å²) in [5, 5.41) is 3.65. The van der Waals surface area contributed by atoms with Crippen LogP contribution in [0.25, 0.3) is 0 Å². The highest BCUT2D eigenvalue weighted by molar-refractivity contribution is 7.15. The number of carbonyl (C=O) groups excluding carboxylic acids is 1. The van der Waals surface area contributed by atoms with Gasteiger partial charge in [-0.25, -0.2) is 4.98 Å². The summed E-state index contributed by atoms with van der Waals surface area (Å²) in [6.07, 6.45) is 0. The fraction of sp³-hybridized carbons (Fsp3) is 0.750. The third-order valence-electron chi connectivity index (χ3n) is 4.56. The lowest BCUT2D eigenvalue weighted by atomic mass is 10.1. The lowest BCUT2D eigenvalue weighted by Gasteiger charge is -2.41. The summed E-state index contributed by atoms with van der Waals surface area (Å²) >= 11 is 1.53. The van der Waals surface area contributed by atoms with Crippen LogP contribution in [-0.2, 0) is 9.53 Å². The van der Waals surface area contributed by atoms with E-state index in [1.54, 1.807) is 7.11 Å². The van der Waals surface area contributed by atoms with Crippen LogP contribution < -0.4 is 5.32 Å². The molecule has 1 N–H and O–H groups in total. The minimum atomic E-state index is -0.147. The zero-order chi connectivity index (χ0) is 17.0. The van der Waals surface area contributed by atoms with Gasteiger partial charge in [0.15, 0.2) is 5.13 Å². The number of rotatable bonds is 6. The summed E-state index contributed by atoms with van der Waals surface area (Å²) in [4.78, 5) is 22.7. The molecular formula is C16H28N4O2S. The van der Waals surface area contributed by atoms with Gasteiger partial charge in [-0.15, -0.1) is 11.3 Å². The number of thiazole rings is 1. The van der Waals surface area contributed by atoms with E-state index in [9.17, 15) is 4.79 Å². The van der Waals surface area contributed by atoms with Crippen LogP contribution in [0.15, 0.2) is 0 Å². The number of nitrogens with zero attached hydrogens (tertiary/aromatic N) is 3. The number of ether oxygens (including phenoxy) is 1. The van der Waals surface area contributed by atoms with E-state index in [4.69, 9.17) is 4.74 Å². The van der Waals surface area contributed by atoms with Crippen LogP contribution >= 0.6 is 11.3 Å². The Morgan fingerprint density at radius 1 is 1.48 bits per heavy atom. The van der Waals surface area contributed by atoms with Crippen molar-refractivity contribution in [2.75, 3.05) is 45.2 Å². The van der Waals surface area contributed by atoms with Gasteiger partial charge in [-0.1, -0.05) is 0 Å². The van der Waals surface area contributed by atoms with Crippen molar-refractivity contribution in [1.82, 2.24) is 14.8 Å². The van der Waals surface area contributed by atoms with Crippen LogP contribution in [0, 0.1) is 13.8 Å². The standard InChI is InChI=1S/C16H28N4O2S/c1-11-10-20(7-6-19(11)8-9-22-5)13(3)15(21)18-16-17-12(2)14(4)23-16/h11,13H,6-10H2,1-5H3,(H,17,18,21)/t11-,13-/m1/s1. The molecule has 1 aliphatic rings. The van der Waals surface area contributed by atoms with Crippen molar-refractivity contribution in [2.45, 2.75) is 39.8 Å². The molecule has 1 saturated heterocycles. The minimum absolute atomic E-state index is 0.0243. The molecule has 23 heavy (non-hydrogen) atoms. The summed E-state index contributed by atoms with van der Waals surface area (Å²) in [5.74, 6) is 0.0243. The average Bonchev–Trinajstić information content (AvgIpc) is 2.83. The molecule has 6 nitrogen and oxygen atoms in total. The number of aromatic nitrogens is 1. The van der Waals surface area contributed by atoms with Crippen LogP contribution in [0.5, 0.6) is 0 Å². The molecule has 0 bridgehead atoms. The second-order valence-electron chi connectivity index (χ2n) is 6.20. The number of hydrogen-bond acceptors (Lipinski definition) is 6. The Labute approximate surface area is 142 Å². The molecule has 130 valence electrons. The Balaban J connectivity index is 1.87. The third kappa shape index (κ3) is 4.73. The molecule has 1 aromatic rings. The first-order chi connectivity index (χ1) is 10.9. The molecule has 1 aromatic heterocycles. The Bertz CT molecular complexity index is 515. The highest BCUT2D eigenvalue weighted by Gasteiger charge is 2.29. The minimum Gasteiger partial charge on any atom is -0.383 e. The van der Waals surface area contributed by atoms with Crippen LogP contribution in [0.2, 0.25) is 0 Å². The molecule has 0 radical (unpaired) electrons. The summed E-state index contributed by atoms with van der Waals surface area (Å²) in [5.41, 5.74) is 0.985. The molecule has 2 heterocycles. The maximum atomic E-state index is 12.5. The Morgan fingerprint density at radius 2 is 2.22 bits per heavy atom. The smallest absolute Gasteiger partial charge is 0.243 e. The number of amides is 1. The second kappa shape index (κ2) is 8.19. The summed E-state index contributed by atoms with van der Waals surface area (Å²) in [7, 11) is 1.73. The quantitative estimate of drug-likeness (QED) is 0.855. The SMILES string of the molecule is COCCN1CCN([C@H](C)C(=O)Nc2nc(C)c(C)s2)C[C@H]1C. The molecule has 0 spiro atoms. The zero-order valence-corrected chi connectivity index (χ0v) is 15.6. The van der Waals surface area contributed by atoms with E-state index < -0.39 is 0 Å². The Morgan fingerprint density at radius 3 is 2.78 bits per heavy atom. The first kappa shape index (κ1) is 18.3. The summed E-state index contributed by atoms with van der Waals surface area (Å²) in [6, 6.07) is 0.282. The fourth-order valence-electron chi connectivity index (χ4n) is 2.82. The van der Waals surface area contributed by atoms with E-state index in [1.807, 2.05) is 20.8 Å². The van der Waals surface area contributed by atoms with E-state index in [0.717, 1.165) is 43.4 Å². The summed E-state index contributed by atoms with van der Waals surface area (Å²) in [6.45, 7) is 12.6. The van der Waals surface area contributed by atoms with Gasteiger partial charge in [0.05, 0.1) is 18.3 Å². The molecule has 0 aromatic carbocycles. The van der Waals surface area contributed by atoms with Gasteiger partial charge in [0.1, 0.15) is 0 Å². The van der Waals surface area contributed by atoms with E-state index in [-0.39, 0.29) is 11.9 Å². The topological polar surface area (TPSA) is 57.7 Å². The molecule has 1 fully saturated rings. The molecule has 1 aliphatic heterocycles. The van der Waals surface area contributed by atoms with Crippen molar-refractivity contribution in [3.63, 3.8) is 0 Å². The number of anilines is 1. The highest BCUT2D eigenvalue weighted by Crippen LogP contribution is 2.22. The van der Waals surface area contributed by atoms with Crippen molar-refractivity contribution in [1.29, 1.82) is 0 Å². The Hall–Kier alpha value is -1.02. The van der Waals surface area contributed by atoms with Crippen molar-refractivity contribution in [2.24, 2.45) is 0 Å². The monoisotopic (exact) mass is 340 g/mol. The van der Waals surface area contributed by atoms with Gasteiger partial charge in [0, 0.05) is 44.2 Å². The van der Waals surface area contributed by atoms with Gasteiger partial charge in [0.2, 0.25) is 5.91 Å². The summed E-state index contributed by atoms with van der Waals surface area (Å²) < 4.78 is 5.16. The number of nitrogens with one attached hydrogen (secondary N) is 1. The van der Waals surface area contributed by atoms with Crippen molar-refractivity contribution < 1.29 is 9.53 Å². The second-order valence-corrected chi connectivity index (χ2v) is 7.40. The van der Waals surface area contributed by atoms with E-state index in [1.165, 1.54) is 11.3 Å². The molecule has 1 amide bonds. The van der Waals surface area contributed by atoms with E-state index in [0.29, 0.717) is 11.2 Å². The van der Waals surface area contributed by atoms with Gasteiger partial charge in [-0.3, -0.25) is 14.6 Å². The van der Waals surface area contributed by atoms with Gasteiger partial charge in [-0.2, -0.15) is 0 Å². The third-order valence-corrected chi connectivity index (χ3v) is 5.55. The number of hydrogen-bond donors (Lipinski definition) is 1. The van der Waals surface area contributed by atoms with Crippen molar-refractivity contribution >= 4 is 22.4 Å². The average molecular weight is 340 g/mol. The van der Waals surface area contributed by atoms with Gasteiger partial charge >= 0.3 is 0 Å². The molecule has 0 unspecified atom stereocenters. The number of piperazine rings is 1. The highest BCUT2D eigenvalue weighted by atomic mass is 32.1. The maximum absolute atomic E-state index is 12.5. The molecule has 2 atom stereocenters. The first-order valence-corrected chi connectivity index (χ1v) is 8.96. The van der Waals surface area contributed by atoms with E-state index >= 15 is 0 Å².